The highest BCUT2D eigenvalue weighted by atomic mass is 16.0. The normalized spacial score (nSPS) is 26.6. The molecule has 1 fully saturated rings. The molecule has 0 unspecified atom stereocenters. The summed E-state index contributed by atoms with van der Waals surface area (Å²) in [5.74, 6) is 1.80. The molecule has 1 aromatic rings. The van der Waals surface area contributed by atoms with Gasteiger partial charge in [-0.3, -0.25) is 0 Å². The van der Waals surface area contributed by atoms with Crippen LogP contribution in [0.15, 0.2) is 30.3 Å². The van der Waals surface area contributed by atoms with E-state index < -0.39 is 0 Å². The molecule has 2 N–H and O–H groups in total. The minimum Gasteiger partial charge on any atom is -0.412 e. The molecule has 0 saturated heterocycles. The zero-order valence-electron chi connectivity index (χ0n) is 8.87. The van der Waals surface area contributed by atoms with Crippen molar-refractivity contribution in [3.63, 3.8) is 0 Å². The maximum absolute atomic E-state index is 2.38. The van der Waals surface area contributed by atoms with E-state index in [0.717, 1.165) is 11.8 Å². The summed E-state index contributed by atoms with van der Waals surface area (Å²) >= 11 is 0. The van der Waals surface area contributed by atoms with Crippen molar-refractivity contribution in [1.82, 2.24) is 0 Å². The van der Waals surface area contributed by atoms with E-state index in [0.29, 0.717) is 0 Å². The predicted molar refractivity (Wildman–Crippen MR) is 60.4 cm³/mol. The van der Waals surface area contributed by atoms with Gasteiger partial charge in [-0.2, -0.15) is 0 Å². The van der Waals surface area contributed by atoms with E-state index in [1.54, 1.807) is 5.56 Å². The Morgan fingerprint density at radius 2 is 1.50 bits per heavy atom. The molecule has 0 aromatic heterocycles. The number of rotatable bonds is 1. The fraction of sp³-hybridized carbons (Fsp3) is 0.538. The molecule has 1 nitrogen and oxygen atoms in total. The van der Waals surface area contributed by atoms with Crippen LogP contribution in [0, 0.1) is 5.92 Å². The molecule has 14 heavy (non-hydrogen) atoms. The molecule has 0 amide bonds. The highest BCUT2D eigenvalue weighted by Crippen LogP contribution is 2.35. The van der Waals surface area contributed by atoms with E-state index in [1.165, 1.54) is 25.7 Å². The van der Waals surface area contributed by atoms with Gasteiger partial charge in [0, 0.05) is 0 Å². The van der Waals surface area contributed by atoms with Gasteiger partial charge in [0.1, 0.15) is 0 Å². The quantitative estimate of drug-likeness (QED) is 0.654. The third kappa shape index (κ3) is 2.58. The van der Waals surface area contributed by atoms with Crippen LogP contribution in [0.25, 0.3) is 0 Å². The standard InChI is InChI=1S/C13H18.H2O/c1-11-7-9-13(10-8-11)12-5-3-2-4-6-12;/h2-6,11,13H,7-10H2,1H3;1H2. The van der Waals surface area contributed by atoms with E-state index in [1.807, 2.05) is 0 Å². The Balaban J connectivity index is 0.000000980. The molecule has 0 spiro atoms. The first-order valence-corrected chi connectivity index (χ1v) is 5.41. The first-order valence-electron chi connectivity index (χ1n) is 5.41. The fourth-order valence-electron chi connectivity index (χ4n) is 2.32. The van der Waals surface area contributed by atoms with Crippen LogP contribution < -0.4 is 0 Å². The van der Waals surface area contributed by atoms with Crippen molar-refractivity contribution in [3.05, 3.63) is 35.9 Å². The Morgan fingerprint density at radius 1 is 0.929 bits per heavy atom. The molecule has 0 bridgehead atoms. The maximum atomic E-state index is 2.38. The molecule has 1 aromatic carbocycles. The van der Waals surface area contributed by atoms with Crippen LogP contribution in [0.4, 0.5) is 0 Å². The lowest BCUT2D eigenvalue weighted by molar-refractivity contribution is 0.348. The van der Waals surface area contributed by atoms with E-state index in [4.69, 9.17) is 0 Å². The molecule has 78 valence electrons. The van der Waals surface area contributed by atoms with Gasteiger partial charge >= 0.3 is 0 Å². The first-order chi connectivity index (χ1) is 6.36. The largest absolute Gasteiger partial charge is 0.412 e. The van der Waals surface area contributed by atoms with Gasteiger partial charge in [-0.1, -0.05) is 50.1 Å². The SMILES string of the molecule is CC1CCC(c2ccccc2)CC1.O. The highest BCUT2D eigenvalue weighted by molar-refractivity contribution is 5.19. The molecule has 2 rings (SSSR count). The van der Waals surface area contributed by atoms with Gasteiger partial charge in [-0.15, -0.1) is 0 Å². The van der Waals surface area contributed by atoms with Gasteiger partial charge in [-0.25, -0.2) is 0 Å². The van der Waals surface area contributed by atoms with Gasteiger partial charge in [0.25, 0.3) is 0 Å². The first kappa shape index (κ1) is 11.3. The Morgan fingerprint density at radius 3 is 2.07 bits per heavy atom. The number of hydrogen-bond donors (Lipinski definition) is 0. The molecule has 1 aliphatic rings. The zero-order chi connectivity index (χ0) is 9.10. The maximum Gasteiger partial charge on any atom is -0.0162 e. The molecule has 0 atom stereocenters. The van der Waals surface area contributed by atoms with Crippen LogP contribution in [0.1, 0.15) is 44.1 Å². The van der Waals surface area contributed by atoms with Crippen molar-refractivity contribution in [2.24, 2.45) is 5.92 Å². The lowest BCUT2D eigenvalue weighted by Crippen LogP contribution is -2.10. The van der Waals surface area contributed by atoms with Gasteiger partial charge in [0.05, 0.1) is 0 Å². The van der Waals surface area contributed by atoms with Crippen LogP contribution in [0.5, 0.6) is 0 Å². The van der Waals surface area contributed by atoms with Crippen molar-refractivity contribution >= 4 is 0 Å². The third-order valence-electron chi connectivity index (χ3n) is 3.29. The Hall–Kier alpha value is -0.820. The smallest absolute Gasteiger partial charge is 0.0162 e. The summed E-state index contributed by atoms with van der Waals surface area (Å²) in [4.78, 5) is 0. The van der Waals surface area contributed by atoms with Crippen LogP contribution in [-0.2, 0) is 0 Å². The van der Waals surface area contributed by atoms with Crippen molar-refractivity contribution in [3.8, 4) is 0 Å². The molecule has 0 heterocycles. The van der Waals surface area contributed by atoms with Crippen molar-refractivity contribution in [1.29, 1.82) is 0 Å². The summed E-state index contributed by atoms with van der Waals surface area (Å²) in [5, 5.41) is 0. The monoisotopic (exact) mass is 192 g/mol. The molecular formula is C13H20O. The summed E-state index contributed by atoms with van der Waals surface area (Å²) in [6.45, 7) is 2.38. The average Bonchev–Trinajstić information content (AvgIpc) is 2.20. The van der Waals surface area contributed by atoms with E-state index in [9.17, 15) is 0 Å². The van der Waals surface area contributed by atoms with Gasteiger partial charge < -0.3 is 5.48 Å². The molecule has 1 heteroatoms. The van der Waals surface area contributed by atoms with E-state index in [-0.39, 0.29) is 5.48 Å². The third-order valence-corrected chi connectivity index (χ3v) is 3.29. The summed E-state index contributed by atoms with van der Waals surface area (Å²) in [7, 11) is 0. The van der Waals surface area contributed by atoms with E-state index in [2.05, 4.69) is 37.3 Å². The molecule has 1 aliphatic carbocycles. The second-order valence-electron chi connectivity index (χ2n) is 4.37. The van der Waals surface area contributed by atoms with Crippen LogP contribution in [-0.4, -0.2) is 5.48 Å². The summed E-state index contributed by atoms with van der Waals surface area (Å²) in [6.07, 6.45) is 5.62. The highest BCUT2D eigenvalue weighted by Gasteiger charge is 2.18. The van der Waals surface area contributed by atoms with Gasteiger partial charge in [-0.05, 0) is 30.2 Å². The predicted octanol–water partition coefficient (Wildman–Crippen LogP) is 3.16. The van der Waals surface area contributed by atoms with Crippen LogP contribution >= 0.6 is 0 Å². The lowest BCUT2D eigenvalue weighted by Gasteiger charge is -2.26. The number of benzene rings is 1. The van der Waals surface area contributed by atoms with Crippen molar-refractivity contribution in [2.45, 2.75) is 38.5 Å². The Bertz CT molecular complexity index is 247. The van der Waals surface area contributed by atoms with Crippen molar-refractivity contribution in [2.75, 3.05) is 0 Å². The lowest BCUT2D eigenvalue weighted by atomic mass is 9.79. The average molecular weight is 192 g/mol. The van der Waals surface area contributed by atoms with Gasteiger partial charge in [0.2, 0.25) is 0 Å². The minimum atomic E-state index is 0. The molecule has 1 saturated carbocycles. The minimum absolute atomic E-state index is 0. The second kappa shape index (κ2) is 5.16. The topological polar surface area (TPSA) is 31.5 Å². The Labute approximate surface area is 86.5 Å². The summed E-state index contributed by atoms with van der Waals surface area (Å²) in [6, 6.07) is 11.0. The molecular weight excluding hydrogens is 172 g/mol. The van der Waals surface area contributed by atoms with Crippen molar-refractivity contribution < 1.29 is 5.48 Å². The zero-order valence-corrected chi connectivity index (χ0v) is 8.87. The Kier molecular flexibility index (Phi) is 4.15. The number of hydrogen-bond acceptors (Lipinski definition) is 0. The van der Waals surface area contributed by atoms with E-state index >= 15 is 0 Å². The second-order valence-corrected chi connectivity index (χ2v) is 4.37. The summed E-state index contributed by atoms with van der Waals surface area (Å²) in [5.41, 5.74) is 1.55. The molecule has 0 aliphatic heterocycles. The summed E-state index contributed by atoms with van der Waals surface area (Å²) < 4.78 is 0. The van der Waals surface area contributed by atoms with Crippen LogP contribution in [0.3, 0.4) is 0 Å². The fourth-order valence-corrected chi connectivity index (χ4v) is 2.32. The van der Waals surface area contributed by atoms with Gasteiger partial charge in [0.15, 0.2) is 0 Å². The van der Waals surface area contributed by atoms with Crippen LogP contribution in [0.2, 0.25) is 0 Å². The molecule has 0 radical (unpaired) electrons.